The van der Waals surface area contributed by atoms with Crippen LogP contribution in [0.2, 0.25) is 0 Å². The van der Waals surface area contributed by atoms with Gasteiger partial charge in [0.25, 0.3) is 0 Å². The summed E-state index contributed by atoms with van der Waals surface area (Å²) in [5.74, 6) is 0. The van der Waals surface area contributed by atoms with Gasteiger partial charge >= 0.3 is 0 Å². The normalized spacial score (nSPS) is 16.9. The highest BCUT2D eigenvalue weighted by molar-refractivity contribution is 5.70. The SMILES string of the molecule is CCCC(CC)Nc1ccccc1N1CCCC1. The third-order valence-corrected chi connectivity index (χ3v) is 3.84. The maximum atomic E-state index is 3.73. The van der Waals surface area contributed by atoms with E-state index < -0.39 is 0 Å². The molecule has 1 N–H and O–H groups in total. The summed E-state index contributed by atoms with van der Waals surface area (Å²) in [4.78, 5) is 2.51. The summed E-state index contributed by atoms with van der Waals surface area (Å²) >= 11 is 0. The second-order valence-corrected chi connectivity index (χ2v) is 5.25. The summed E-state index contributed by atoms with van der Waals surface area (Å²) < 4.78 is 0. The number of benzene rings is 1. The first-order valence-corrected chi connectivity index (χ1v) is 7.45. The van der Waals surface area contributed by atoms with Gasteiger partial charge in [-0.05, 0) is 37.8 Å². The van der Waals surface area contributed by atoms with Crippen LogP contribution >= 0.6 is 0 Å². The van der Waals surface area contributed by atoms with Crippen LogP contribution in [0.5, 0.6) is 0 Å². The van der Waals surface area contributed by atoms with Crippen LogP contribution in [0, 0.1) is 0 Å². The van der Waals surface area contributed by atoms with Crippen molar-refractivity contribution in [1.29, 1.82) is 0 Å². The van der Waals surface area contributed by atoms with Gasteiger partial charge in [0.1, 0.15) is 0 Å². The summed E-state index contributed by atoms with van der Waals surface area (Å²) in [6.45, 7) is 6.95. The molecule has 1 aliphatic rings. The molecule has 0 aliphatic carbocycles. The zero-order valence-electron chi connectivity index (χ0n) is 11.8. The van der Waals surface area contributed by atoms with Gasteiger partial charge in [0.15, 0.2) is 0 Å². The molecule has 2 rings (SSSR count). The molecule has 0 aromatic heterocycles. The van der Waals surface area contributed by atoms with Gasteiger partial charge in [-0.25, -0.2) is 0 Å². The van der Waals surface area contributed by atoms with Crippen molar-refractivity contribution >= 4 is 11.4 Å². The Morgan fingerprint density at radius 3 is 2.56 bits per heavy atom. The minimum atomic E-state index is 0.610. The lowest BCUT2D eigenvalue weighted by atomic mass is 10.1. The molecule has 1 atom stereocenters. The quantitative estimate of drug-likeness (QED) is 0.806. The van der Waals surface area contributed by atoms with Crippen molar-refractivity contribution in [3.05, 3.63) is 24.3 Å². The molecule has 1 aliphatic heterocycles. The third kappa shape index (κ3) is 3.18. The first kappa shape index (κ1) is 13.3. The smallest absolute Gasteiger partial charge is 0.0602 e. The van der Waals surface area contributed by atoms with Gasteiger partial charge in [0.2, 0.25) is 0 Å². The van der Waals surface area contributed by atoms with Gasteiger partial charge in [-0.3, -0.25) is 0 Å². The zero-order valence-corrected chi connectivity index (χ0v) is 11.8. The standard InChI is InChI=1S/C16H26N2/c1-3-9-14(4-2)17-15-10-5-6-11-16(15)18-12-7-8-13-18/h5-6,10-11,14,17H,3-4,7-9,12-13H2,1-2H3. The number of hydrogen-bond donors (Lipinski definition) is 1. The lowest BCUT2D eigenvalue weighted by molar-refractivity contribution is 0.622. The average molecular weight is 246 g/mol. The summed E-state index contributed by atoms with van der Waals surface area (Å²) in [7, 11) is 0. The van der Waals surface area contributed by atoms with Crippen LogP contribution in [0.15, 0.2) is 24.3 Å². The molecule has 2 nitrogen and oxygen atoms in total. The van der Waals surface area contributed by atoms with Crippen molar-refractivity contribution in [3.63, 3.8) is 0 Å². The molecule has 0 saturated carbocycles. The fourth-order valence-electron chi connectivity index (χ4n) is 2.78. The highest BCUT2D eigenvalue weighted by Crippen LogP contribution is 2.29. The summed E-state index contributed by atoms with van der Waals surface area (Å²) in [6.07, 6.45) is 6.37. The summed E-state index contributed by atoms with van der Waals surface area (Å²) in [5.41, 5.74) is 2.71. The van der Waals surface area contributed by atoms with E-state index in [9.17, 15) is 0 Å². The van der Waals surface area contributed by atoms with E-state index in [-0.39, 0.29) is 0 Å². The van der Waals surface area contributed by atoms with Gasteiger partial charge in [0.05, 0.1) is 11.4 Å². The maximum absolute atomic E-state index is 3.73. The summed E-state index contributed by atoms with van der Waals surface area (Å²) in [6, 6.07) is 9.39. The molecular weight excluding hydrogens is 220 g/mol. The van der Waals surface area contributed by atoms with E-state index in [0.717, 1.165) is 0 Å². The fourth-order valence-corrected chi connectivity index (χ4v) is 2.78. The van der Waals surface area contributed by atoms with Crippen molar-refractivity contribution < 1.29 is 0 Å². The Morgan fingerprint density at radius 1 is 1.17 bits per heavy atom. The van der Waals surface area contributed by atoms with E-state index in [2.05, 4.69) is 48.3 Å². The first-order chi connectivity index (χ1) is 8.85. The molecule has 0 radical (unpaired) electrons. The number of rotatable bonds is 6. The van der Waals surface area contributed by atoms with Crippen molar-refractivity contribution in [1.82, 2.24) is 0 Å². The summed E-state index contributed by atoms with van der Waals surface area (Å²) in [5, 5.41) is 3.73. The second kappa shape index (κ2) is 6.67. The Balaban J connectivity index is 2.11. The number of nitrogens with zero attached hydrogens (tertiary/aromatic N) is 1. The Morgan fingerprint density at radius 2 is 1.89 bits per heavy atom. The molecule has 0 bridgehead atoms. The number of hydrogen-bond acceptors (Lipinski definition) is 2. The van der Waals surface area contributed by atoms with E-state index in [0.29, 0.717) is 6.04 Å². The van der Waals surface area contributed by atoms with E-state index in [1.165, 1.54) is 56.6 Å². The Hall–Kier alpha value is -1.18. The number of nitrogens with one attached hydrogen (secondary N) is 1. The number of para-hydroxylation sites is 2. The lowest BCUT2D eigenvalue weighted by Crippen LogP contribution is -2.23. The maximum Gasteiger partial charge on any atom is 0.0602 e. The molecule has 1 aromatic carbocycles. The predicted octanol–water partition coefficient (Wildman–Crippen LogP) is 4.28. The monoisotopic (exact) mass is 246 g/mol. The van der Waals surface area contributed by atoms with Crippen LogP contribution in [0.1, 0.15) is 46.0 Å². The lowest BCUT2D eigenvalue weighted by Gasteiger charge is -2.25. The van der Waals surface area contributed by atoms with Gasteiger partial charge in [-0.1, -0.05) is 32.4 Å². The molecule has 18 heavy (non-hydrogen) atoms. The molecule has 1 aromatic rings. The molecular formula is C16H26N2. The van der Waals surface area contributed by atoms with E-state index in [1.54, 1.807) is 0 Å². The van der Waals surface area contributed by atoms with Crippen molar-refractivity contribution in [2.24, 2.45) is 0 Å². The molecule has 0 amide bonds. The molecule has 1 heterocycles. The highest BCUT2D eigenvalue weighted by Gasteiger charge is 2.16. The van der Waals surface area contributed by atoms with Gasteiger partial charge in [0, 0.05) is 19.1 Å². The Labute approximate surface area is 111 Å². The van der Waals surface area contributed by atoms with Crippen LogP contribution in [0.4, 0.5) is 11.4 Å². The number of anilines is 2. The Kier molecular flexibility index (Phi) is 4.91. The molecule has 100 valence electrons. The van der Waals surface area contributed by atoms with Crippen LogP contribution in [-0.2, 0) is 0 Å². The van der Waals surface area contributed by atoms with Gasteiger partial charge in [-0.15, -0.1) is 0 Å². The predicted molar refractivity (Wildman–Crippen MR) is 80.5 cm³/mol. The van der Waals surface area contributed by atoms with Crippen molar-refractivity contribution in [2.45, 2.75) is 52.0 Å². The topological polar surface area (TPSA) is 15.3 Å². The third-order valence-electron chi connectivity index (χ3n) is 3.84. The average Bonchev–Trinajstić information content (AvgIpc) is 2.92. The molecule has 1 saturated heterocycles. The molecule has 1 fully saturated rings. The molecule has 2 heteroatoms. The first-order valence-electron chi connectivity index (χ1n) is 7.45. The molecule has 1 unspecified atom stereocenters. The van der Waals surface area contributed by atoms with Gasteiger partial charge in [-0.2, -0.15) is 0 Å². The largest absolute Gasteiger partial charge is 0.381 e. The zero-order chi connectivity index (χ0) is 12.8. The minimum Gasteiger partial charge on any atom is -0.381 e. The Bertz CT molecular complexity index is 356. The van der Waals surface area contributed by atoms with E-state index >= 15 is 0 Å². The highest BCUT2D eigenvalue weighted by atomic mass is 15.2. The van der Waals surface area contributed by atoms with Crippen LogP contribution in [0.3, 0.4) is 0 Å². The fraction of sp³-hybridized carbons (Fsp3) is 0.625. The van der Waals surface area contributed by atoms with Gasteiger partial charge < -0.3 is 10.2 Å². The van der Waals surface area contributed by atoms with Crippen molar-refractivity contribution in [2.75, 3.05) is 23.3 Å². The second-order valence-electron chi connectivity index (χ2n) is 5.25. The van der Waals surface area contributed by atoms with Crippen LogP contribution in [-0.4, -0.2) is 19.1 Å². The minimum absolute atomic E-state index is 0.610. The van der Waals surface area contributed by atoms with Crippen LogP contribution < -0.4 is 10.2 Å². The van der Waals surface area contributed by atoms with E-state index in [1.807, 2.05) is 0 Å². The molecule has 0 spiro atoms. The van der Waals surface area contributed by atoms with E-state index in [4.69, 9.17) is 0 Å². The van der Waals surface area contributed by atoms with Crippen molar-refractivity contribution in [3.8, 4) is 0 Å². The van der Waals surface area contributed by atoms with Crippen LogP contribution in [0.25, 0.3) is 0 Å².